The summed E-state index contributed by atoms with van der Waals surface area (Å²) in [5.74, 6) is -3.47. The first-order chi connectivity index (χ1) is 15.9. The number of likely N-dealkylation sites (tertiary alicyclic amines) is 1. The summed E-state index contributed by atoms with van der Waals surface area (Å²) in [6.45, 7) is 2.23. The number of anilines is 1. The summed E-state index contributed by atoms with van der Waals surface area (Å²) in [5, 5.41) is 6.11. The Bertz CT molecular complexity index is 1160. The highest BCUT2D eigenvalue weighted by Gasteiger charge is 2.70. The number of hydrogen-bond acceptors (Lipinski definition) is 5. The van der Waals surface area contributed by atoms with Crippen LogP contribution in [-0.2, 0) is 37.6 Å². The number of primary amides is 1. The van der Waals surface area contributed by atoms with Gasteiger partial charge in [-0.25, -0.2) is 0 Å². The maximum Gasteiger partial charge on any atom is 0.250 e. The normalized spacial score (nSPS) is 27.7. The summed E-state index contributed by atoms with van der Waals surface area (Å²) < 4.78 is 0. The predicted octanol–water partition coefficient (Wildman–Crippen LogP) is 1.09. The van der Waals surface area contributed by atoms with E-state index in [1.54, 1.807) is 0 Å². The third kappa shape index (κ3) is 3.16. The van der Waals surface area contributed by atoms with Gasteiger partial charge in [0.25, 0.3) is 0 Å². The van der Waals surface area contributed by atoms with Crippen LogP contribution in [0.4, 0.5) is 5.69 Å². The highest BCUT2D eigenvalue weighted by atomic mass is 16.2. The van der Waals surface area contributed by atoms with Crippen LogP contribution >= 0.6 is 0 Å². The van der Waals surface area contributed by atoms with Gasteiger partial charge in [-0.3, -0.25) is 29.4 Å². The molecule has 1 spiro atoms. The van der Waals surface area contributed by atoms with E-state index in [1.807, 2.05) is 55.5 Å². The molecule has 0 aromatic heterocycles. The first-order valence-corrected chi connectivity index (χ1v) is 11.3. The Kier molecular flexibility index (Phi) is 5.05. The second kappa shape index (κ2) is 7.81. The summed E-state index contributed by atoms with van der Waals surface area (Å²) in [6.07, 6.45) is 1.14. The zero-order chi connectivity index (χ0) is 23.3. The number of amides is 4. The Morgan fingerprint density at radius 2 is 1.82 bits per heavy atom. The third-order valence-electron chi connectivity index (χ3n) is 7.17. The molecule has 3 aliphatic rings. The van der Waals surface area contributed by atoms with Crippen LogP contribution in [0, 0.1) is 11.8 Å². The number of hydrogen-bond donors (Lipinski definition) is 3. The smallest absolute Gasteiger partial charge is 0.250 e. The zero-order valence-corrected chi connectivity index (χ0v) is 18.3. The van der Waals surface area contributed by atoms with Gasteiger partial charge in [0.15, 0.2) is 0 Å². The summed E-state index contributed by atoms with van der Waals surface area (Å²) in [4.78, 5) is 53.6. The molecule has 2 aromatic carbocycles. The number of nitrogens with one attached hydrogen (secondary N) is 2. The number of rotatable bonds is 6. The number of carbonyl (C=O) groups excluding carboxylic acids is 4. The van der Waals surface area contributed by atoms with Crippen molar-refractivity contribution in [2.24, 2.45) is 17.6 Å². The van der Waals surface area contributed by atoms with E-state index in [9.17, 15) is 19.2 Å². The molecule has 0 saturated carbocycles. The molecule has 8 heteroatoms. The number of aryl methyl sites for hydroxylation is 1. The van der Waals surface area contributed by atoms with Gasteiger partial charge in [-0.2, -0.15) is 0 Å². The van der Waals surface area contributed by atoms with Crippen LogP contribution in [0.2, 0.25) is 0 Å². The van der Waals surface area contributed by atoms with Crippen LogP contribution in [0.5, 0.6) is 0 Å². The van der Waals surface area contributed by atoms with E-state index in [1.165, 1.54) is 4.90 Å². The minimum Gasteiger partial charge on any atom is -0.370 e. The quantitative estimate of drug-likeness (QED) is 0.574. The molecular weight excluding hydrogens is 420 g/mol. The summed E-state index contributed by atoms with van der Waals surface area (Å²) in [7, 11) is 0. The van der Waals surface area contributed by atoms with Crippen molar-refractivity contribution in [1.82, 2.24) is 10.2 Å². The maximum absolute atomic E-state index is 13.7. The predicted molar refractivity (Wildman–Crippen MR) is 121 cm³/mol. The average Bonchev–Trinajstić information content (AvgIpc) is 3.37. The third-order valence-corrected chi connectivity index (χ3v) is 7.17. The van der Waals surface area contributed by atoms with Crippen molar-refractivity contribution in [2.75, 3.05) is 11.9 Å². The fourth-order valence-corrected chi connectivity index (χ4v) is 5.63. The van der Waals surface area contributed by atoms with Crippen LogP contribution < -0.4 is 16.4 Å². The van der Waals surface area contributed by atoms with E-state index in [-0.39, 0.29) is 30.7 Å². The molecule has 5 rings (SSSR count). The van der Waals surface area contributed by atoms with Gasteiger partial charge in [0.2, 0.25) is 23.6 Å². The second-order valence-electron chi connectivity index (χ2n) is 8.98. The molecule has 4 amide bonds. The van der Waals surface area contributed by atoms with E-state index in [0.29, 0.717) is 17.7 Å². The van der Waals surface area contributed by atoms with Gasteiger partial charge in [0.05, 0.1) is 11.8 Å². The summed E-state index contributed by atoms with van der Waals surface area (Å²) in [5.41, 5.74) is 7.36. The minimum absolute atomic E-state index is 0.134. The highest BCUT2D eigenvalue weighted by Crippen LogP contribution is 2.53. The molecule has 0 bridgehead atoms. The van der Waals surface area contributed by atoms with Crippen LogP contribution in [0.25, 0.3) is 0 Å². The molecule has 4 N–H and O–H groups in total. The molecule has 3 heterocycles. The second-order valence-corrected chi connectivity index (χ2v) is 8.98. The fourth-order valence-electron chi connectivity index (χ4n) is 5.63. The number of imide groups is 1. The topological polar surface area (TPSA) is 122 Å². The number of nitrogens with zero attached hydrogens (tertiary/aromatic N) is 1. The zero-order valence-electron chi connectivity index (χ0n) is 18.3. The van der Waals surface area contributed by atoms with Crippen LogP contribution in [0.15, 0.2) is 48.5 Å². The minimum atomic E-state index is -1.40. The average molecular weight is 447 g/mol. The van der Waals surface area contributed by atoms with Gasteiger partial charge in [0.1, 0.15) is 5.54 Å². The Morgan fingerprint density at radius 3 is 2.52 bits per heavy atom. The van der Waals surface area contributed by atoms with Crippen molar-refractivity contribution < 1.29 is 19.2 Å². The first kappa shape index (κ1) is 21.3. The van der Waals surface area contributed by atoms with E-state index < -0.39 is 29.3 Å². The molecule has 0 radical (unpaired) electrons. The number of benzene rings is 2. The molecule has 4 atom stereocenters. The summed E-state index contributed by atoms with van der Waals surface area (Å²) in [6, 6.07) is 14.6. The Labute approximate surface area is 191 Å². The molecule has 8 nitrogen and oxygen atoms in total. The number of nitrogens with two attached hydrogens (primary N) is 1. The lowest BCUT2D eigenvalue weighted by Crippen LogP contribution is -2.53. The Balaban J connectivity index is 1.56. The lowest BCUT2D eigenvalue weighted by atomic mass is 9.76. The van der Waals surface area contributed by atoms with Crippen LogP contribution in [0.1, 0.15) is 30.0 Å². The summed E-state index contributed by atoms with van der Waals surface area (Å²) >= 11 is 0. The van der Waals surface area contributed by atoms with Gasteiger partial charge in [-0.1, -0.05) is 49.4 Å². The van der Waals surface area contributed by atoms with Crippen molar-refractivity contribution >= 4 is 29.3 Å². The van der Waals surface area contributed by atoms with Gasteiger partial charge < -0.3 is 11.1 Å². The molecule has 3 aliphatic heterocycles. The largest absolute Gasteiger partial charge is 0.370 e. The van der Waals surface area contributed by atoms with E-state index in [4.69, 9.17) is 5.73 Å². The van der Waals surface area contributed by atoms with Crippen LogP contribution in [0.3, 0.4) is 0 Å². The van der Waals surface area contributed by atoms with Crippen molar-refractivity contribution in [3.05, 3.63) is 65.2 Å². The van der Waals surface area contributed by atoms with Gasteiger partial charge in [-0.05, 0) is 30.0 Å². The van der Waals surface area contributed by atoms with Gasteiger partial charge in [-0.15, -0.1) is 0 Å². The van der Waals surface area contributed by atoms with Crippen LogP contribution in [-0.4, -0.2) is 41.1 Å². The molecule has 2 saturated heterocycles. The first-order valence-electron chi connectivity index (χ1n) is 11.3. The highest BCUT2D eigenvalue weighted by molar-refractivity contribution is 6.15. The van der Waals surface area contributed by atoms with E-state index in [0.717, 1.165) is 17.5 Å². The molecule has 2 aromatic rings. The van der Waals surface area contributed by atoms with Gasteiger partial charge >= 0.3 is 0 Å². The Hall–Kier alpha value is -3.52. The SMILES string of the molecule is CCc1ccc2c(c1)C1(NC(CC(N)=O)C3C(=O)N(CCc4ccccc4)C(=O)C31)C(=O)N2. The lowest BCUT2D eigenvalue weighted by Gasteiger charge is -2.29. The molecule has 2 fully saturated rings. The standard InChI is InChI=1S/C25H26N4O4/c1-2-14-8-9-17-16(12-14)25(24(33)27-17)21-20(18(28-25)13-19(26)30)22(31)29(23(21)32)11-10-15-6-4-3-5-7-15/h3-9,12,18,20-21,28H,2,10-11,13H2,1H3,(H2,26,30)(H,27,33). The molecule has 170 valence electrons. The van der Waals surface area contributed by atoms with Crippen molar-refractivity contribution in [3.63, 3.8) is 0 Å². The lowest BCUT2D eigenvalue weighted by molar-refractivity contribution is -0.142. The van der Waals surface area contributed by atoms with Crippen molar-refractivity contribution in [1.29, 1.82) is 0 Å². The molecule has 0 aliphatic carbocycles. The van der Waals surface area contributed by atoms with Gasteiger partial charge in [0, 0.05) is 30.3 Å². The Morgan fingerprint density at radius 1 is 1.06 bits per heavy atom. The molecule has 33 heavy (non-hydrogen) atoms. The molecular formula is C25H26N4O4. The van der Waals surface area contributed by atoms with E-state index in [2.05, 4.69) is 10.6 Å². The number of carbonyl (C=O) groups is 4. The monoisotopic (exact) mass is 446 g/mol. The fraction of sp³-hybridized carbons (Fsp3) is 0.360. The van der Waals surface area contributed by atoms with Crippen molar-refractivity contribution in [3.8, 4) is 0 Å². The molecule has 4 unspecified atom stereocenters. The number of fused-ring (bicyclic) bond motifs is 4. The maximum atomic E-state index is 13.7. The van der Waals surface area contributed by atoms with E-state index >= 15 is 0 Å². The van der Waals surface area contributed by atoms with Crippen molar-refractivity contribution in [2.45, 2.75) is 37.8 Å².